The van der Waals surface area contributed by atoms with E-state index in [1.807, 2.05) is 31.2 Å². The topological polar surface area (TPSA) is 56.2 Å². The van der Waals surface area contributed by atoms with E-state index in [4.69, 9.17) is 4.74 Å². The molecule has 2 aliphatic heterocycles. The quantitative estimate of drug-likeness (QED) is 0.582. The summed E-state index contributed by atoms with van der Waals surface area (Å²) in [5.74, 6) is -2.35. The minimum atomic E-state index is -3.23. The fourth-order valence-electron chi connectivity index (χ4n) is 5.23. The molecule has 1 saturated heterocycles. The van der Waals surface area contributed by atoms with Crippen molar-refractivity contribution in [2.24, 2.45) is 11.8 Å². The maximum atomic E-state index is 14.2. The van der Waals surface area contributed by atoms with Gasteiger partial charge in [0, 0.05) is 49.1 Å². The summed E-state index contributed by atoms with van der Waals surface area (Å²) in [5, 5.41) is 19.8. The van der Waals surface area contributed by atoms with E-state index in [-0.39, 0.29) is 30.3 Å². The van der Waals surface area contributed by atoms with Gasteiger partial charge in [-0.2, -0.15) is 0 Å². The number of fused-ring (bicyclic) bond motifs is 1. The van der Waals surface area contributed by atoms with Gasteiger partial charge in [0.05, 0.1) is 13.2 Å². The Balaban J connectivity index is 1.46. The summed E-state index contributed by atoms with van der Waals surface area (Å²) < 4.78 is 46.9. The molecular weight excluding hydrogens is 433 g/mol. The summed E-state index contributed by atoms with van der Waals surface area (Å²) in [6, 6.07) is 4.73. The molecular formula is C25H33F3N2O3. The lowest BCUT2D eigenvalue weighted by Gasteiger charge is -2.46. The normalized spacial score (nSPS) is 26.6. The number of likely N-dealkylation sites (tertiary alicyclic amines) is 1. The fourth-order valence-corrected chi connectivity index (χ4v) is 5.23. The third-order valence-electron chi connectivity index (χ3n) is 6.98. The van der Waals surface area contributed by atoms with Crippen LogP contribution in [0.4, 0.5) is 13.2 Å². The van der Waals surface area contributed by atoms with Gasteiger partial charge in [0.25, 0.3) is 5.92 Å². The number of hydrogen-bond donors (Lipinski definition) is 2. The lowest BCUT2D eigenvalue weighted by Crippen LogP contribution is -2.50. The van der Waals surface area contributed by atoms with Gasteiger partial charge in [-0.25, -0.2) is 8.78 Å². The van der Waals surface area contributed by atoms with Crippen LogP contribution in [0.5, 0.6) is 5.75 Å². The van der Waals surface area contributed by atoms with Gasteiger partial charge in [0.1, 0.15) is 24.7 Å². The molecule has 5 nitrogen and oxygen atoms in total. The number of halogens is 3. The fraction of sp³-hybridized carbons (Fsp3) is 0.600. The summed E-state index contributed by atoms with van der Waals surface area (Å²) in [5.41, 5.74) is 1.66. The van der Waals surface area contributed by atoms with Gasteiger partial charge in [0.15, 0.2) is 0 Å². The zero-order chi connectivity index (χ0) is 23.6. The minimum absolute atomic E-state index is 0.113. The second kappa shape index (κ2) is 10.1. The first-order chi connectivity index (χ1) is 15.8. The van der Waals surface area contributed by atoms with E-state index in [1.54, 1.807) is 17.0 Å². The third-order valence-corrected chi connectivity index (χ3v) is 6.98. The van der Waals surface area contributed by atoms with Crippen molar-refractivity contribution in [2.75, 3.05) is 46.1 Å². The number of phenolic OH excluding ortho intramolecular Hbond substituents is 1. The van der Waals surface area contributed by atoms with Crippen molar-refractivity contribution in [3.63, 3.8) is 0 Å². The average molecular weight is 467 g/mol. The highest BCUT2D eigenvalue weighted by Crippen LogP contribution is 2.45. The molecule has 8 heteroatoms. The highest BCUT2D eigenvalue weighted by Gasteiger charge is 2.43. The van der Waals surface area contributed by atoms with Gasteiger partial charge in [-0.15, -0.1) is 0 Å². The van der Waals surface area contributed by atoms with E-state index in [0.29, 0.717) is 25.0 Å². The van der Waals surface area contributed by atoms with Crippen molar-refractivity contribution in [1.29, 1.82) is 0 Å². The number of hydrogen-bond acceptors (Lipinski definition) is 5. The molecule has 0 aromatic heterocycles. The molecule has 0 radical (unpaired) electrons. The monoisotopic (exact) mass is 466 g/mol. The Labute approximate surface area is 193 Å². The summed E-state index contributed by atoms with van der Waals surface area (Å²) in [4.78, 5) is 3.88. The van der Waals surface area contributed by atoms with Gasteiger partial charge in [-0.3, -0.25) is 14.2 Å². The van der Waals surface area contributed by atoms with Crippen LogP contribution in [-0.4, -0.2) is 78.0 Å². The Kier molecular flexibility index (Phi) is 7.36. The molecule has 33 heavy (non-hydrogen) atoms. The molecule has 1 aromatic rings. The molecule has 4 rings (SSSR count). The van der Waals surface area contributed by atoms with E-state index in [2.05, 4.69) is 4.90 Å². The smallest absolute Gasteiger partial charge is 0.283 e. The Morgan fingerprint density at radius 3 is 2.70 bits per heavy atom. The first-order valence-electron chi connectivity index (χ1n) is 11.7. The average Bonchev–Trinajstić information content (AvgIpc) is 2.77. The number of alkyl halides is 3. The molecule has 1 unspecified atom stereocenters. The van der Waals surface area contributed by atoms with Crippen molar-refractivity contribution < 1.29 is 28.1 Å². The number of allylic oxidation sites excluding steroid dienone is 2. The maximum absolute atomic E-state index is 14.2. The molecule has 0 bridgehead atoms. The third kappa shape index (κ3) is 5.39. The molecule has 2 N–H and O–H groups in total. The largest absolute Gasteiger partial charge is 0.508 e. The minimum Gasteiger partial charge on any atom is -0.508 e. The number of aromatic hydroxyl groups is 1. The van der Waals surface area contributed by atoms with Crippen LogP contribution in [0.25, 0.3) is 0 Å². The second-order valence-electron chi connectivity index (χ2n) is 9.53. The van der Waals surface area contributed by atoms with Crippen molar-refractivity contribution in [2.45, 2.75) is 37.8 Å². The number of rotatable bonds is 9. The number of ether oxygens (including phenoxy) is 1. The van der Waals surface area contributed by atoms with E-state index < -0.39 is 25.1 Å². The van der Waals surface area contributed by atoms with Crippen molar-refractivity contribution in [1.82, 2.24) is 9.80 Å². The van der Waals surface area contributed by atoms with E-state index in [0.717, 1.165) is 31.0 Å². The molecule has 0 saturated carbocycles. The number of nitrogens with zero attached hydrogens (tertiary/aromatic N) is 2. The van der Waals surface area contributed by atoms with E-state index in [9.17, 15) is 23.4 Å². The molecule has 1 aliphatic carbocycles. The molecule has 1 fully saturated rings. The van der Waals surface area contributed by atoms with Gasteiger partial charge in [0.2, 0.25) is 0 Å². The van der Waals surface area contributed by atoms with Crippen LogP contribution in [0.3, 0.4) is 0 Å². The zero-order valence-electron chi connectivity index (χ0n) is 19.0. The summed E-state index contributed by atoms with van der Waals surface area (Å²) in [6.45, 7) is 2.66. The second-order valence-corrected chi connectivity index (χ2v) is 9.53. The highest BCUT2D eigenvalue weighted by atomic mass is 19.3. The predicted molar refractivity (Wildman–Crippen MR) is 120 cm³/mol. The van der Waals surface area contributed by atoms with Crippen molar-refractivity contribution in [3.8, 4) is 5.75 Å². The van der Waals surface area contributed by atoms with Crippen LogP contribution in [0, 0.1) is 11.8 Å². The standard InChI is InChI=1S/C25H33F3N2O3/c1-17-11-20-3-2-4-22(32)23(20)24(30(17)15-25(27,28)16-31)19-5-7-21(8-6-19)33-10-9-29-13-18(12-26)14-29/h2-5,7-8,17-19,24,31-32H,6,9-16H2,1H3/t17-,19?,24-/m0/s1. The lowest BCUT2D eigenvalue weighted by atomic mass is 9.79. The predicted octanol–water partition coefficient (Wildman–Crippen LogP) is 3.69. The molecule has 1 aromatic carbocycles. The SMILES string of the molecule is C[C@H]1Cc2cccc(O)c2[C@H](C2C=CC(OCCN3CC(CF)C3)=CC2)N1CC(F)(F)CO. The summed E-state index contributed by atoms with van der Waals surface area (Å²) >= 11 is 0. The number of aliphatic hydroxyl groups is 1. The molecule has 0 amide bonds. The van der Waals surface area contributed by atoms with E-state index in [1.165, 1.54) is 0 Å². The van der Waals surface area contributed by atoms with Gasteiger partial charge >= 0.3 is 0 Å². The van der Waals surface area contributed by atoms with Crippen LogP contribution in [-0.2, 0) is 11.2 Å². The number of benzene rings is 1. The number of aliphatic hydroxyl groups excluding tert-OH is 1. The van der Waals surface area contributed by atoms with Crippen LogP contribution >= 0.6 is 0 Å². The molecule has 3 aliphatic rings. The lowest BCUT2D eigenvalue weighted by molar-refractivity contribution is -0.0934. The molecule has 182 valence electrons. The zero-order valence-corrected chi connectivity index (χ0v) is 19.0. The summed E-state index contributed by atoms with van der Waals surface area (Å²) in [6.07, 6.45) is 6.96. The number of phenols is 1. The first-order valence-corrected chi connectivity index (χ1v) is 11.7. The van der Waals surface area contributed by atoms with Crippen LogP contribution < -0.4 is 0 Å². The van der Waals surface area contributed by atoms with Gasteiger partial charge in [-0.05, 0) is 43.5 Å². The Morgan fingerprint density at radius 2 is 2.03 bits per heavy atom. The first kappa shape index (κ1) is 24.1. The molecule has 3 atom stereocenters. The van der Waals surface area contributed by atoms with Gasteiger partial charge in [-0.1, -0.05) is 18.2 Å². The van der Waals surface area contributed by atoms with Crippen LogP contribution in [0.15, 0.2) is 42.2 Å². The van der Waals surface area contributed by atoms with Gasteiger partial charge < -0.3 is 14.9 Å². The maximum Gasteiger partial charge on any atom is 0.283 e. The van der Waals surface area contributed by atoms with Crippen molar-refractivity contribution in [3.05, 3.63) is 53.3 Å². The Hall–Kier alpha value is -2.03. The summed E-state index contributed by atoms with van der Waals surface area (Å²) in [7, 11) is 0. The van der Waals surface area contributed by atoms with Crippen LogP contribution in [0.1, 0.15) is 30.5 Å². The van der Waals surface area contributed by atoms with Crippen LogP contribution in [0.2, 0.25) is 0 Å². The Bertz CT molecular complexity index is 886. The molecule has 2 heterocycles. The molecule has 0 spiro atoms. The van der Waals surface area contributed by atoms with E-state index >= 15 is 0 Å². The Morgan fingerprint density at radius 1 is 1.24 bits per heavy atom. The van der Waals surface area contributed by atoms with Crippen molar-refractivity contribution >= 4 is 0 Å². The highest BCUT2D eigenvalue weighted by molar-refractivity contribution is 5.45.